The lowest BCUT2D eigenvalue weighted by Crippen LogP contribution is -2.42. The molecule has 0 saturated heterocycles. The Bertz CT molecular complexity index is 416. The highest BCUT2D eigenvalue weighted by Gasteiger charge is 2.27. The van der Waals surface area contributed by atoms with Gasteiger partial charge < -0.3 is 15.2 Å². The van der Waals surface area contributed by atoms with Gasteiger partial charge in [-0.1, -0.05) is 38.8 Å². The lowest BCUT2D eigenvalue weighted by Gasteiger charge is -2.35. The summed E-state index contributed by atoms with van der Waals surface area (Å²) in [5.74, 6) is 2.27. The van der Waals surface area contributed by atoms with Crippen molar-refractivity contribution in [1.29, 1.82) is 0 Å². The predicted molar refractivity (Wildman–Crippen MR) is 86.5 cm³/mol. The molecule has 3 atom stereocenters. The molecule has 3 heteroatoms. The van der Waals surface area contributed by atoms with Gasteiger partial charge in [0.05, 0.1) is 13.2 Å². The third-order valence-electron chi connectivity index (χ3n) is 4.75. The van der Waals surface area contributed by atoms with E-state index in [-0.39, 0.29) is 0 Å². The summed E-state index contributed by atoms with van der Waals surface area (Å²) in [6.07, 6.45) is 4.75. The minimum atomic E-state index is -0.453. The lowest BCUT2D eigenvalue weighted by atomic mass is 9.78. The average molecular weight is 291 g/mol. The maximum Gasteiger partial charge on any atom is 0.118 e. The van der Waals surface area contributed by atoms with Crippen LogP contribution in [0.25, 0.3) is 0 Å². The van der Waals surface area contributed by atoms with Crippen LogP contribution in [-0.4, -0.2) is 24.8 Å². The zero-order chi connectivity index (χ0) is 15.2. The van der Waals surface area contributed by atoms with Crippen LogP contribution in [0, 0.1) is 11.8 Å². The van der Waals surface area contributed by atoms with Crippen molar-refractivity contribution in [3.8, 4) is 5.75 Å². The Morgan fingerprint density at radius 3 is 2.48 bits per heavy atom. The Hall–Kier alpha value is -1.06. The highest BCUT2D eigenvalue weighted by molar-refractivity contribution is 5.28. The van der Waals surface area contributed by atoms with Gasteiger partial charge in [0, 0.05) is 12.6 Å². The summed E-state index contributed by atoms with van der Waals surface area (Å²) in [6.45, 7) is 5.25. The first kappa shape index (κ1) is 16.3. The van der Waals surface area contributed by atoms with Crippen LogP contribution in [0.15, 0.2) is 24.3 Å². The van der Waals surface area contributed by atoms with E-state index in [1.54, 1.807) is 7.11 Å². The Morgan fingerprint density at radius 1 is 1.19 bits per heavy atom. The summed E-state index contributed by atoms with van der Waals surface area (Å²) < 4.78 is 5.15. The van der Waals surface area contributed by atoms with E-state index in [1.807, 2.05) is 24.3 Å². The minimum Gasteiger partial charge on any atom is -0.497 e. The number of rotatable bonds is 6. The lowest BCUT2D eigenvalue weighted by molar-refractivity contribution is 0.144. The number of nitrogens with one attached hydrogen (secondary N) is 1. The van der Waals surface area contributed by atoms with Crippen LogP contribution in [0.1, 0.15) is 51.2 Å². The first-order chi connectivity index (χ1) is 10.1. The Labute approximate surface area is 128 Å². The van der Waals surface area contributed by atoms with E-state index >= 15 is 0 Å². The Kier molecular flexibility index (Phi) is 6.07. The molecule has 2 rings (SSSR count). The van der Waals surface area contributed by atoms with E-state index in [9.17, 15) is 5.11 Å². The fourth-order valence-corrected chi connectivity index (χ4v) is 3.42. The maximum atomic E-state index is 10.3. The van der Waals surface area contributed by atoms with Crippen LogP contribution in [0.5, 0.6) is 5.75 Å². The molecule has 0 aliphatic heterocycles. The van der Waals surface area contributed by atoms with Crippen LogP contribution >= 0.6 is 0 Å². The molecule has 0 heterocycles. The first-order valence-corrected chi connectivity index (χ1v) is 8.17. The smallest absolute Gasteiger partial charge is 0.118 e. The van der Waals surface area contributed by atoms with Crippen molar-refractivity contribution in [2.45, 2.75) is 51.7 Å². The number of hydrogen-bond donors (Lipinski definition) is 2. The molecule has 0 aromatic heterocycles. The van der Waals surface area contributed by atoms with Crippen molar-refractivity contribution in [1.82, 2.24) is 5.32 Å². The molecule has 1 fully saturated rings. The van der Waals surface area contributed by atoms with E-state index in [0.717, 1.165) is 17.2 Å². The van der Waals surface area contributed by atoms with Crippen molar-refractivity contribution < 1.29 is 9.84 Å². The number of hydrogen-bond acceptors (Lipinski definition) is 3. The second-order valence-corrected chi connectivity index (χ2v) is 6.50. The number of benzene rings is 1. The monoisotopic (exact) mass is 291 g/mol. The zero-order valence-electron chi connectivity index (χ0n) is 13.5. The SMILES string of the molecule is COc1ccc(C(O)CNC2CCCCC2C(C)C)cc1. The second kappa shape index (κ2) is 7.81. The van der Waals surface area contributed by atoms with Crippen molar-refractivity contribution in [3.05, 3.63) is 29.8 Å². The van der Waals surface area contributed by atoms with Crippen LogP contribution in [0.3, 0.4) is 0 Å². The summed E-state index contributed by atoms with van der Waals surface area (Å²) in [5, 5.41) is 13.9. The summed E-state index contributed by atoms with van der Waals surface area (Å²) in [5.41, 5.74) is 0.945. The summed E-state index contributed by atoms with van der Waals surface area (Å²) in [6, 6.07) is 8.22. The molecule has 1 aromatic rings. The highest BCUT2D eigenvalue weighted by Crippen LogP contribution is 2.30. The van der Waals surface area contributed by atoms with Gasteiger partial charge in [-0.3, -0.25) is 0 Å². The number of ether oxygens (including phenoxy) is 1. The van der Waals surface area contributed by atoms with E-state index in [1.165, 1.54) is 25.7 Å². The van der Waals surface area contributed by atoms with Gasteiger partial charge in [-0.25, -0.2) is 0 Å². The maximum absolute atomic E-state index is 10.3. The van der Waals surface area contributed by atoms with Gasteiger partial charge in [-0.05, 0) is 42.4 Å². The first-order valence-electron chi connectivity index (χ1n) is 8.17. The summed E-state index contributed by atoms with van der Waals surface area (Å²) in [7, 11) is 1.65. The molecule has 1 saturated carbocycles. The molecule has 118 valence electrons. The fraction of sp³-hybridized carbons (Fsp3) is 0.667. The van der Waals surface area contributed by atoms with Gasteiger partial charge in [-0.15, -0.1) is 0 Å². The van der Waals surface area contributed by atoms with Crippen LogP contribution in [-0.2, 0) is 0 Å². The number of methoxy groups -OCH3 is 1. The molecule has 0 radical (unpaired) electrons. The molecule has 1 aliphatic carbocycles. The van der Waals surface area contributed by atoms with E-state index in [4.69, 9.17) is 4.74 Å². The molecular weight excluding hydrogens is 262 g/mol. The molecule has 0 spiro atoms. The van der Waals surface area contributed by atoms with Crippen LogP contribution in [0.2, 0.25) is 0 Å². The molecule has 21 heavy (non-hydrogen) atoms. The van der Waals surface area contributed by atoms with E-state index < -0.39 is 6.10 Å². The topological polar surface area (TPSA) is 41.5 Å². The second-order valence-electron chi connectivity index (χ2n) is 6.50. The Morgan fingerprint density at radius 2 is 1.86 bits per heavy atom. The largest absolute Gasteiger partial charge is 0.497 e. The van der Waals surface area contributed by atoms with E-state index in [2.05, 4.69) is 19.2 Å². The van der Waals surface area contributed by atoms with Crippen LogP contribution in [0.4, 0.5) is 0 Å². The minimum absolute atomic E-state index is 0.453. The van der Waals surface area contributed by atoms with Crippen LogP contribution < -0.4 is 10.1 Å². The molecule has 2 N–H and O–H groups in total. The van der Waals surface area contributed by atoms with Crippen molar-refractivity contribution in [3.63, 3.8) is 0 Å². The Balaban J connectivity index is 1.88. The third kappa shape index (κ3) is 4.45. The normalized spacial score (nSPS) is 24.0. The standard InChI is InChI=1S/C18H29NO2/c1-13(2)16-6-4-5-7-17(16)19-12-18(20)14-8-10-15(21-3)11-9-14/h8-11,13,16-20H,4-7,12H2,1-3H3. The molecule has 0 bridgehead atoms. The van der Waals surface area contributed by atoms with Crippen molar-refractivity contribution in [2.24, 2.45) is 11.8 Å². The van der Waals surface area contributed by atoms with Crippen molar-refractivity contribution in [2.75, 3.05) is 13.7 Å². The predicted octanol–water partition coefficient (Wildman–Crippen LogP) is 3.53. The molecule has 0 amide bonds. The average Bonchev–Trinajstić information content (AvgIpc) is 2.52. The zero-order valence-corrected chi connectivity index (χ0v) is 13.5. The number of aliphatic hydroxyl groups excluding tert-OH is 1. The summed E-state index contributed by atoms with van der Waals surface area (Å²) in [4.78, 5) is 0. The molecular formula is C18H29NO2. The number of aliphatic hydroxyl groups is 1. The summed E-state index contributed by atoms with van der Waals surface area (Å²) >= 11 is 0. The van der Waals surface area contributed by atoms with Crippen molar-refractivity contribution >= 4 is 0 Å². The van der Waals surface area contributed by atoms with E-state index in [0.29, 0.717) is 18.5 Å². The molecule has 1 aromatic carbocycles. The van der Waals surface area contributed by atoms with Gasteiger partial charge in [0.15, 0.2) is 0 Å². The van der Waals surface area contributed by atoms with Gasteiger partial charge in [0.1, 0.15) is 5.75 Å². The highest BCUT2D eigenvalue weighted by atomic mass is 16.5. The third-order valence-corrected chi connectivity index (χ3v) is 4.75. The molecule has 3 unspecified atom stereocenters. The van der Waals surface area contributed by atoms with Gasteiger partial charge >= 0.3 is 0 Å². The fourth-order valence-electron chi connectivity index (χ4n) is 3.42. The van der Waals surface area contributed by atoms with Gasteiger partial charge in [0.25, 0.3) is 0 Å². The molecule has 3 nitrogen and oxygen atoms in total. The molecule has 1 aliphatic rings. The quantitative estimate of drug-likeness (QED) is 0.842. The van der Waals surface area contributed by atoms with Gasteiger partial charge in [-0.2, -0.15) is 0 Å². The van der Waals surface area contributed by atoms with Gasteiger partial charge in [0.2, 0.25) is 0 Å².